The molecule has 5 heteroatoms. The predicted octanol–water partition coefficient (Wildman–Crippen LogP) is 4.86. The molecule has 0 saturated heterocycles. The maximum absolute atomic E-state index is 12.6. The van der Waals surface area contributed by atoms with E-state index >= 15 is 0 Å². The van der Waals surface area contributed by atoms with Crippen LogP contribution in [0.2, 0.25) is 0 Å². The molecule has 2 aliphatic rings. The maximum atomic E-state index is 12.6. The van der Waals surface area contributed by atoms with E-state index < -0.39 is 0 Å². The predicted molar refractivity (Wildman–Crippen MR) is 114 cm³/mol. The Bertz CT molecular complexity index is 1190. The third-order valence-corrected chi connectivity index (χ3v) is 4.90. The average Bonchev–Trinajstić information content (AvgIpc) is 2.72. The van der Waals surface area contributed by atoms with Crippen molar-refractivity contribution in [3.63, 3.8) is 0 Å². The van der Waals surface area contributed by atoms with E-state index in [-0.39, 0.29) is 5.43 Å². The van der Waals surface area contributed by atoms with Crippen molar-refractivity contribution in [2.45, 2.75) is 13.8 Å². The first-order chi connectivity index (χ1) is 13.6. The lowest BCUT2D eigenvalue weighted by molar-refractivity contribution is 0.364. The van der Waals surface area contributed by atoms with Gasteiger partial charge in [-0.2, -0.15) is 0 Å². The lowest BCUT2D eigenvalue weighted by atomic mass is 10.0. The molecule has 0 bridgehead atoms. The van der Waals surface area contributed by atoms with Crippen LogP contribution in [0.1, 0.15) is 13.8 Å². The molecule has 0 radical (unpaired) electrons. The number of rotatable bonds is 6. The number of hydrogen-bond acceptors (Lipinski definition) is 5. The van der Waals surface area contributed by atoms with Crippen LogP contribution in [0.3, 0.4) is 0 Å². The third kappa shape index (κ3) is 3.09. The fourth-order valence-electron chi connectivity index (χ4n) is 3.47. The Morgan fingerprint density at radius 1 is 1.11 bits per heavy atom. The van der Waals surface area contributed by atoms with E-state index in [0.717, 1.165) is 29.7 Å². The summed E-state index contributed by atoms with van der Waals surface area (Å²) in [5.41, 5.74) is 3.05. The van der Waals surface area contributed by atoms with Crippen LogP contribution in [0.25, 0.3) is 33.3 Å². The van der Waals surface area contributed by atoms with Crippen LogP contribution >= 0.6 is 0 Å². The summed E-state index contributed by atoms with van der Waals surface area (Å²) in [6.07, 6.45) is 1.68. The van der Waals surface area contributed by atoms with E-state index in [9.17, 15) is 4.79 Å². The molecule has 4 rings (SSSR count). The summed E-state index contributed by atoms with van der Waals surface area (Å²) < 4.78 is 11.7. The smallest absolute Gasteiger partial charge is 0.190 e. The molecule has 28 heavy (non-hydrogen) atoms. The highest BCUT2D eigenvalue weighted by molar-refractivity contribution is 5.97. The maximum Gasteiger partial charge on any atom is 0.190 e. The van der Waals surface area contributed by atoms with Crippen molar-refractivity contribution in [1.29, 1.82) is 0 Å². The molecule has 1 aliphatic carbocycles. The Balaban J connectivity index is 1.94. The summed E-state index contributed by atoms with van der Waals surface area (Å²) >= 11 is 0. The lowest BCUT2D eigenvalue weighted by Crippen LogP contribution is -2.21. The van der Waals surface area contributed by atoms with Gasteiger partial charge in [-0.1, -0.05) is 12.7 Å². The standard InChI is InChI=1S/C23H22N2O3/c1-4-11-27-16-8-9-17-18(13-16)23-22(14-20(17)26)28-21-12-15(25(5-2)6-3)7-10-19(21)24-23/h4,7-10,12-14H,1,5-6,11H2,2-3H3. The Morgan fingerprint density at radius 2 is 1.93 bits per heavy atom. The van der Waals surface area contributed by atoms with Crippen molar-refractivity contribution in [2.75, 3.05) is 24.6 Å². The van der Waals surface area contributed by atoms with Crippen molar-refractivity contribution < 1.29 is 9.15 Å². The molecule has 0 atom stereocenters. The Hall–Kier alpha value is -3.34. The molecular weight excluding hydrogens is 352 g/mol. The minimum absolute atomic E-state index is 0.0948. The first kappa shape index (κ1) is 18.0. The minimum atomic E-state index is -0.0948. The van der Waals surface area contributed by atoms with Crippen LogP contribution in [0.5, 0.6) is 5.75 Å². The Labute approximate surface area is 163 Å². The first-order valence-electron chi connectivity index (χ1n) is 9.44. The molecule has 0 aromatic heterocycles. The van der Waals surface area contributed by atoms with Crippen molar-refractivity contribution in [1.82, 2.24) is 4.98 Å². The highest BCUT2D eigenvalue weighted by Gasteiger charge is 2.17. The van der Waals surface area contributed by atoms with E-state index in [1.54, 1.807) is 18.2 Å². The van der Waals surface area contributed by atoms with Crippen molar-refractivity contribution in [2.24, 2.45) is 0 Å². The van der Waals surface area contributed by atoms with E-state index in [1.165, 1.54) is 6.07 Å². The lowest BCUT2D eigenvalue weighted by Gasteiger charge is -2.21. The number of fused-ring (bicyclic) bond motifs is 4. The molecule has 0 fully saturated rings. The topological polar surface area (TPSA) is 55.6 Å². The van der Waals surface area contributed by atoms with Gasteiger partial charge in [-0.15, -0.1) is 0 Å². The molecule has 0 unspecified atom stereocenters. The van der Waals surface area contributed by atoms with Crippen LogP contribution in [-0.4, -0.2) is 24.7 Å². The highest BCUT2D eigenvalue weighted by atomic mass is 16.5. The molecule has 1 aliphatic heterocycles. The molecule has 0 N–H and O–H groups in total. The number of hydrogen-bond donors (Lipinski definition) is 0. The molecular formula is C23H22N2O3. The molecule has 5 nitrogen and oxygen atoms in total. The quantitative estimate of drug-likeness (QED) is 0.274. The molecule has 2 aromatic rings. The molecule has 2 aromatic carbocycles. The average molecular weight is 374 g/mol. The van der Waals surface area contributed by atoms with Crippen LogP contribution in [0, 0.1) is 0 Å². The number of anilines is 1. The Kier molecular flexibility index (Phi) is 4.74. The zero-order valence-electron chi connectivity index (χ0n) is 16.1. The highest BCUT2D eigenvalue weighted by Crippen LogP contribution is 2.33. The van der Waals surface area contributed by atoms with Crippen LogP contribution in [-0.2, 0) is 0 Å². The normalized spacial score (nSPS) is 11.2. The first-order valence-corrected chi connectivity index (χ1v) is 9.44. The summed E-state index contributed by atoms with van der Waals surface area (Å²) in [5.74, 6) is 1.14. The van der Waals surface area contributed by atoms with Gasteiger partial charge >= 0.3 is 0 Å². The van der Waals surface area contributed by atoms with Crippen LogP contribution in [0.15, 0.2) is 64.3 Å². The number of nitrogens with zero attached hydrogens (tertiary/aromatic N) is 2. The van der Waals surface area contributed by atoms with Crippen molar-refractivity contribution in [3.05, 3.63) is 65.3 Å². The SMILES string of the molecule is C=CCOc1ccc2c(=O)cc3oc4cc(N(CC)CC)ccc4nc-3c2c1. The van der Waals surface area contributed by atoms with E-state index in [4.69, 9.17) is 14.1 Å². The number of ether oxygens (including phenoxy) is 1. The van der Waals surface area contributed by atoms with Crippen LogP contribution in [0.4, 0.5) is 5.69 Å². The summed E-state index contributed by atoms with van der Waals surface area (Å²) in [6, 6.07) is 12.9. The fourth-order valence-corrected chi connectivity index (χ4v) is 3.47. The molecule has 142 valence electrons. The van der Waals surface area contributed by atoms with Gasteiger partial charge in [0, 0.05) is 41.7 Å². The molecule has 0 amide bonds. The molecule has 1 heterocycles. The number of aromatic nitrogens is 1. The molecule has 0 spiro atoms. The summed E-state index contributed by atoms with van der Waals surface area (Å²) in [5, 5.41) is 1.32. The minimum Gasteiger partial charge on any atom is -0.490 e. The second-order valence-corrected chi connectivity index (χ2v) is 6.57. The summed E-state index contributed by atoms with van der Waals surface area (Å²) in [6.45, 7) is 10.1. The van der Waals surface area contributed by atoms with E-state index in [0.29, 0.717) is 34.8 Å². The van der Waals surface area contributed by atoms with Gasteiger partial charge < -0.3 is 14.1 Å². The zero-order chi connectivity index (χ0) is 19.7. The van der Waals surface area contributed by atoms with Crippen LogP contribution < -0.4 is 15.1 Å². The molecule has 0 saturated carbocycles. The van der Waals surface area contributed by atoms with Gasteiger partial charge in [0.15, 0.2) is 16.8 Å². The Morgan fingerprint density at radius 3 is 2.68 bits per heavy atom. The van der Waals surface area contributed by atoms with E-state index in [1.807, 2.05) is 24.3 Å². The monoisotopic (exact) mass is 374 g/mol. The van der Waals surface area contributed by atoms with Gasteiger partial charge in [0.2, 0.25) is 0 Å². The summed E-state index contributed by atoms with van der Waals surface area (Å²) in [4.78, 5) is 19.6. The van der Waals surface area contributed by atoms with Gasteiger partial charge in [-0.05, 0) is 44.2 Å². The fraction of sp³-hybridized carbons (Fsp3) is 0.217. The summed E-state index contributed by atoms with van der Waals surface area (Å²) in [7, 11) is 0. The van der Waals surface area contributed by atoms with Crippen molar-refractivity contribution in [3.8, 4) is 17.2 Å². The van der Waals surface area contributed by atoms with Gasteiger partial charge in [-0.25, -0.2) is 4.98 Å². The zero-order valence-corrected chi connectivity index (χ0v) is 16.1. The van der Waals surface area contributed by atoms with Gasteiger partial charge in [0.1, 0.15) is 23.6 Å². The number of benzene rings is 3. The second kappa shape index (κ2) is 7.35. The van der Waals surface area contributed by atoms with Gasteiger partial charge in [-0.3, -0.25) is 4.79 Å². The third-order valence-electron chi connectivity index (χ3n) is 4.90. The van der Waals surface area contributed by atoms with E-state index in [2.05, 4.69) is 25.3 Å². The van der Waals surface area contributed by atoms with Gasteiger partial charge in [0.05, 0.1) is 0 Å². The largest absolute Gasteiger partial charge is 0.490 e. The second-order valence-electron chi connectivity index (χ2n) is 6.57. The van der Waals surface area contributed by atoms with Crippen molar-refractivity contribution >= 4 is 27.6 Å². The van der Waals surface area contributed by atoms with Gasteiger partial charge in [0.25, 0.3) is 0 Å².